The summed E-state index contributed by atoms with van der Waals surface area (Å²) in [6.45, 7) is -0.989. The molecule has 4 unspecified atom stereocenters. The van der Waals surface area contributed by atoms with Gasteiger partial charge in [0.15, 0.2) is 12.6 Å². The number of aliphatic hydroxyl groups excluding tert-OH is 7. The van der Waals surface area contributed by atoms with Crippen LogP contribution in [0.1, 0.15) is 0 Å². The van der Waals surface area contributed by atoms with Crippen molar-refractivity contribution >= 4 is 0 Å². The maximum absolute atomic E-state index is 9.91. The molecule has 0 saturated carbocycles. The second-order valence-corrected chi connectivity index (χ2v) is 5.78. The Kier molecular flexibility index (Phi) is 6.87. The Hall–Kier alpha value is -0.440. The van der Waals surface area contributed by atoms with E-state index >= 15 is 0 Å². The molecule has 10 atom stereocenters. The average Bonchev–Trinajstić information content (AvgIpc) is 2.58. The Labute approximate surface area is 137 Å². The van der Waals surface area contributed by atoms with E-state index in [1.165, 1.54) is 7.11 Å². The number of rotatable bonds is 5. The molecule has 2 fully saturated rings. The van der Waals surface area contributed by atoms with Gasteiger partial charge >= 0.3 is 0 Å². The maximum atomic E-state index is 9.91. The highest BCUT2D eigenvalue weighted by atomic mass is 16.7. The maximum Gasteiger partial charge on any atom is 0.186 e. The molecule has 7 N–H and O–H groups in total. The summed E-state index contributed by atoms with van der Waals surface area (Å²) in [6, 6.07) is 0. The van der Waals surface area contributed by atoms with E-state index in [1.807, 2.05) is 0 Å². The highest BCUT2D eigenvalue weighted by Crippen LogP contribution is 2.25. The van der Waals surface area contributed by atoms with Crippen molar-refractivity contribution in [2.24, 2.45) is 0 Å². The summed E-state index contributed by atoms with van der Waals surface area (Å²) in [5, 5.41) is 67.6. The number of hydrogen-bond donors (Lipinski definition) is 7. The van der Waals surface area contributed by atoms with Crippen LogP contribution < -0.4 is 0 Å². The zero-order valence-electron chi connectivity index (χ0n) is 13.0. The molecule has 0 aromatic rings. The SMILES string of the molecule is CO[C@H]1OC(CO[C@H]2OC(CO)[C@@H](O)[C@H](O)C2O)[C@@H](O)[C@H](O)C1O. The van der Waals surface area contributed by atoms with Gasteiger partial charge in [-0.25, -0.2) is 0 Å². The van der Waals surface area contributed by atoms with Crippen LogP contribution >= 0.6 is 0 Å². The topological polar surface area (TPSA) is 179 Å². The smallest absolute Gasteiger partial charge is 0.186 e. The molecule has 2 saturated heterocycles. The molecule has 0 bridgehead atoms. The van der Waals surface area contributed by atoms with Crippen LogP contribution in [-0.2, 0) is 18.9 Å². The molecule has 0 aromatic heterocycles. The van der Waals surface area contributed by atoms with Crippen molar-refractivity contribution < 1.29 is 54.7 Å². The average molecular weight is 356 g/mol. The van der Waals surface area contributed by atoms with Gasteiger partial charge in [-0.05, 0) is 0 Å². The molecule has 11 nitrogen and oxygen atoms in total. The molecule has 2 rings (SSSR count). The van der Waals surface area contributed by atoms with Crippen LogP contribution in [0.3, 0.4) is 0 Å². The Balaban J connectivity index is 1.96. The minimum absolute atomic E-state index is 0.381. The van der Waals surface area contributed by atoms with Crippen molar-refractivity contribution in [2.75, 3.05) is 20.3 Å². The number of aliphatic hydroxyl groups is 7. The van der Waals surface area contributed by atoms with Gasteiger partial charge in [-0.1, -0.05) is 0 Å². The van der Waals surface area contributed by atoms with Crippen LogP contribution in [0.15, 0.2) is 0 Å². The number of ether oxygens (including phenoxy) is 4. The quantitative estimate of drug-likeness (QED) is 0.251. The fourth-order valence-corrected chi connectivity index (χ4v) is 2.64. The summed E-state index contributed by atoms with van der Waals surface area (Å²) in [7, 11) is 1.24. The van der Waals surface area contributed by atoms with E-state index in [-0.39, 0.29) is 6.61 Å². The first kappa shape index (κ1) is 19.9. The van der Waals surface area contributed by atoms with Crippen molar-refractivity contribution in [3.63, 3.8) is 0 Å². The lowest BCUT2D eigenvalue weighted by Gasteiger charge is -2.42. The van der Waals surface area contributed by atoms with Gasteiger partial charge in [0, 0.05) is 7.11 Å². The molecule has 2 aliphatic rings. The molecular formula is C13H24O11. The Bertz CT molecular complexity index is 356. The predicted molar refractivity (Wildman–Crippen MR) is 73.4 cm³/mol. The van der Waals surface area contributed by atoms with Gasteiger partial charge < -0.3 is 54.7 Å². The molecule has 2 heterocycles. The molecule has 0 radical (unpaired) electrons. The van der Waals surface area contributed by atoms with Crippen LogP contribution in [0, 0.1) is 0 Å². The van der Waals surface area contributed by atoms with Gasteiger partial charge in [0.1, 0.15) is 48.8 Å². The molecule has 0 aliphatic carbocycles. The van der Waals surface area contributed by atoms with E-state index in [9.17, 15) is 30.6 Å². The lowest BCUT2D eigenvalue weighted by molar-refractivity contribution is -0.328. The summed E-state index contributed by atoms with van der Waals surface area (Å²) in [5.74, 6) is 0. The normalized spacial score (nSPS) is 50.0. The van der Waals surface area contributed by atoms with E-state index in [0.29, 0.717) is 0 Å². The van der Waals surface area contributed by atoms with E-state index in [0.717, 1.165) is 0 Å². The Morgan fingerprint density at radius 1 is 0.708 bits per heavy atom. The van der Waals surface area contributed by atoms with E-state index in [2.05, 4.69) is 0 Å². The predicted octanol–water partition coefficient (Wildman–Crippen LogP) is -4.74. The van der Waals surface area contributed by atoms with Crippen LogP contribution in [0.5, 0.6) is 0 Å². The van der Waals surface area contributed by atoms with Gasteiger partial charge in [-0.2, -0.15) is 0 Å². The van der Waals surface area contributed by atoms with Gasteiger partial charge in [-0.3, -0.25) is 0 Å². The largest absolute Gasteiger partial charge is 0.394 e. The van der Waals surface area contributed by atoms with E-state index in [1.54, 1.807) is 0 Å². The molecule has 24 heavy (non-hydrogen) atoms. The monoisotopic (exact) mass is 356 g/mol. The fourth-order valence-electron chi connectivity index (χ4n) is 2.64. The van der Waals surface area contributed by atoms with E-state index in [4.69, 9.17) is 24.1 Å². The van der Waals surface area contributed by atoms with Crippen molar-refractivity contribution in [1.29, 1.82) is 0 Å². The van der Waals surface area contributed by atoms with Gasteiger partial charge in [0.05, 0.1) is 13.2 Å². The van der Waals surface area contributed by atoms with E-state index < -0.39 is 68.0 Å². The Morgan fingerprint density at radius 3 is 1.75 bits per heavy atom. The minimum atomic E-state index is -1.60. The number of methoxy groups -OCH3 is 1. The molecule has 142 valence electrons. The zero-order chi connectivity index (χ0) is 18.0. The van der Waals surface area contributed by atoms with Crippen molar-refractivity contribution in [3.8, 4) is 0 Å². The molecular weight excluding hydrogens is 332 g/mol. The third-order valence-electron chi connectivity index (χ3n) is 4.17. The first-order chi connectivity index (χ1) is 11.3. The molecule has 0 amide bonds. The summed E-state index contributed by atoms with van der Waals surface area (Å²) < 4.78 is 20.5. The highest BCUT2D eigenvalue weighted by molar-refractivity contribution is 4.91. The van der Waals surface area contributed by atoms with Crippen LogP contribution in [0.4, 0.5) is 0 Å². The molecule has 2 aliphatic heterocycles. The van der Waals surface area contributed by atoms with Crippen LogP contribution in [0.25, 0.3) is 0 Å². The Morgan fingerprint density at radius 2 is 1.21 bits per heavy atom. The summed E-state index contributed by atoms with van der Waals surface area (Å²) in [5.41, 5.74) is 0. The minimum Gasteiger partial charge on any atom is -0.394 e. The second-order valence-electron chi connectivity index (χ2n) is 5.78. The zero-order valence-corrected chi connectivity index (χ0v) is 13.0. The van der Waals surface area contributed by atoms with Crippen LogP contribution in [-0.4, -0.2) is 117 Å². The molecule has 0 aromatic carbocycles. The lowest BCUT2D eigenvalue weighted by atomic mass is 9.98. The third kappa shape index (κ3) is 3.86. The summed E-state index contributed by atoms with van der Waals surface area (Å²) >= 11 is 0. The summed E-state index contributed by atoms with van der Waals surface area (Å²) in [6.07, 6.45) is -14.0. The first-order valence-corrected chi connectivity index (χ1v) is 7.46. The van der Waals surface area contributed by atoms with Crippen molar-refractivity contribution in [3.05, 3.63) is 0 Å². The van der Waals surface area contributed by atoms with Crippen LogP contribution in [0.2, 0.25) is 0 Å². The molecule has 0 spiro atoms. The van der Waals surface area contributed by atoms with Gasteiger partial charge in [0.2, 0.25) is 0 Å². The summed E-state index contributed by atoms with van der Waals surface area (Å²) in [4.78, 5) is 0. The fraction of sp³-hybridized carbons (Fsp3) is 1.00. The van der Waals surface area contributed by atoms with Crippen molar-refractivity contribution in [2.45, 2.75) is 61.4 Å². The lowest BCUT2D eigenvalue weighted by Crippen LogP contribution is -2.61. The van der Waals surface area contributed by atoms with Crippen molar-refractivity contribution in [1.82, 2.24) is 0 Å². The molecule has 11 heteroatoms. The third-order valence-corrected chi connectivity index (χ3v) is 4.17. The van der Waals surface area contributed by atoms with Gasteiger partial charge in [0.25, 0.3) is 0 Å². The standard InChI is InChI=1S/C13H24O11/c1-21-12-10(19)9(18)7(16)5(24-12)3-22-13-11(20)8(17)6(15)4(2-14)23-13/h4-20H,2-3H2,1H3/t4?,5?,6-,7-,8+,9+,10?,11?,12+,13+/m1/s1. The first-order valence-electron chi connectivity index (χ1n) is 7.46. The second kappa shape index (κ2) is 8.29. The van der Waals surface area contributed by atoms with Gasteiger partial charge in [-0.15, -0.1) is 0 Å². The number of hydrogen-bond acceptors (Lipinski definition) is 11. The highest BCUT2D eigenvalue weighted by Gasteiger charge is 2.47.